The van der Waals surface area contributed by atoms with Crippen LogP contribution in [0.25, 0.3) is 0 Å². The quantitative estimate of drug-likeness (QED) is 0.821. The lowest BCUT2D eigenvalue weighted by Crippen LogP contribution is -1.99. The molecule has 2 aromatic carbocycles. The summed E-state index contributed by atoms with van der Waals surface area (Å²) in [6, 6.07) is 16.0. The van der Waals surface area contributed by atoms with E-state index in [0.717, 1.165) is 16.9 Å². The van der Waals surface area contributed by atoms with Gasteiger partial charge in [0.1, 0.15) is 12.4 Å². The summed E-state index contributed by atoms with van der Waals surface area (Å²) < 4.78 is 5.69. The monoisotopic (exact) mass is 243 g/mol. The van der Waals surface area contributed by atoms with Crippen LogP contribution in [0.2, 0.25) is 0 Å². The molecule has 0 aliphatic heterocycles. The van der Waals surface area contributed by atoms with Gasteiger partial charge in [0.25, 0.3) is 0 Å². The summed E-state index contributed by atoms with van der Waals surface area (Å²) in [7, 11) is 0. The molecule has 0 radical (unpaired) electrons. The van der Waals surface area contributed by atoms with Gasteiger partial charge in [-0.2, -0.15) is 0 Å². The highest BCUT2D eigenvalue weighted by Gasteiger charge is 1.97. The van der Waals surface area contributed by atoms with Gasteiger partial charge in [-0.1, -0.05) is 42.0 Å². The molecule has 2 rings (SSSR count). The molecule has 0 bridgehead atoms. The number of hydrogen-bond donors (Lipinski definition) is 1. The Morgan fingerprint density at radius 3 is 2.00 bits per heavy atom. The maximum absolute atomic E-state index is 5.69. The fraction of sp³-hybridized carbons (Fsp3) is 0.200. The van der Waals surface area contributed by atoms with Crippen LogP contribution in [0.5, 0.6) is 5.75 Å². The van der Waals surface area contributed by atoms with Crippen LogP contribution in [0.3, 0.4) is 0 Å². The van der Waals surface area contributed by atoms with Crippen LogP contribution in [-0.2, 0) is 18.1 Å². The van der Waals surface area contributed by atoms with E-state index in [1.807, 2.05) is 24.3 Å². The molecule has 0 heterocycles. The zero-order valence-electron chi connectivity index (χ0n) is 10.4. The molecule has 3 heteroatoms. The molecule has 0 aliphatic carbocycles. The minimum absolute atomic E-state index is 0.415. The molecule has 18 heavy (non-hydrogen) atoms. The molecular weight excluding hydrogens is 226 g/mol. The number of rotatable bonds is 5. The van der Waals surface area contributed by atoms with Gasteiger partial charge in [0.2, 0.25) is 0 Å². The molecule has 2 N–H and O–H groups in total. The molecule has 0 saturated carbocycles. The van der Waals surface area contributed by atoms with Gasteiger partial charge in [0.15, 0.2) is 0 Å². The first-order valence-electron chi connectivity index (χ1n) is 5.87. The highest BCUT2D eigenvalue weighted by Crippen LogP contribution is 2.14. The van der Waals surface area contributed by atoms with E-state index in [1.54, 1.807) is 0 Å². The predicted molar refractivity (Wildman–Crippen MR) is 70.9 cm³/mol. The summed E-state index contributed by atoms with van der Waals surface area (Å²) in [5, 5.41) is 0. The van der Waals surface area contributed by atoms with Gasteiger partial charge in [-0.15, -0.1) is 0 Å². The van der Waals surface area contributed by atoms with Gasteiger partial charge >= 0.3 is 0 Å². The summed E-state index contributed by atoms with van der Waals surface area (Å²) in [5.41, 5.74) is 3.44. The fourth-order valence-electron chi connectivity index (χ4n) is 1.63. The fourth-order valence-corrected chi connectivity index (χ4v) is 1.63. The highest BCUT2D eigenvalue weighted by molar-refractivity contribution is 5.27. The third-order valence-electron chi connectivity index (χ3n) is 2.70. The Hall–Kier alpha value is -1.84. The van der Waals surface area contributed by atoms with E-state index in [-0.39, 0.29) is 0 Å². The Balaban J connectivity index is 1.91. The third kappa shape index (κ3) is 3.58. The van der Waals surface area contributed by atoms with Gasteiger partial charge in [0.05, 0.1) is 6.61 Å². The molecule has 0 atom stereocenters. The summed E-state index contributed by atoms with van der Waals surface area (Å²) in [6.45, 7) is 3.06. The lowest BCUT2D eigenvalue weighted by molar-refractivity contribution is 0.124. The standard InChI is InChI=1S/C15H17NO2/c1-12-2-4-13(5-3-12)10-17-15-8-6-14(7-9-15)11-18-16/h2-9H,10-11,16H2,1H3. The van der Waals surface area contributed by atoms with E-state index in [4.69, 9.17) is 10.6 Å². The van der Waals surface area contributed by atoms with Crippen LogP contribution < -0.4 is 10.6 Å². The van der Waals surface area contributed by atoms with Crippen molar-refractivity contribution in [3.8, 4) is 5.75 Å². The van der Waals surface area contributed by atoms with Crippen molar-refractivity contribution in [2.45, 2.75) is 20.1 Å². The Kier molecular flexibility index (Phi) is 4.34. The number of benzene rings is 2. The Bertz CT molecular complexity index is 477. The van der Waals surface area contributed by atoms with Crippen molar-refractivity contribution in [3.05, 3.63) is 65.2 Å². The lowest BCUT2D eigenvalue weighted by Gasteiger charge is -2.07. The Morgan fingerprint density at radius 1 is 0.833 bits per heavy atom. The first-order chi connectivity index (χ1) is 8.78. The molecule has 0 spiro atoms. The van der Waals surface area contributed by atoms with Crippen LogP contribution in [0.15, 0.2) is 48.5 Å². The minimum atomic E-state index is 0.415. The van der Waals surface area contributed by atoms with Crippen molar-refractivity contribution in [2.75, 3.05) is 0 Å². The van der Waals surface area contributed by atoms with Gasteiger partial charge < -0.3 is 4.74 Å². The van der Waals surface area contributed by atoms with Crippen LogP contribution >= 0.6 is 0 Å². The van der Waals surface area contributed by atoms with Crippen molar-refractivity contribution in [1.29, 1.82) is 0 Å². The first-order valence-corrected chi connectivity index (χ1v) is 5.87. The Labute approximate surface area is 107 Å². The smallest absolute Gasteiger partial charge is 0.119 e. The molecule has 94 valence electrons. The lowest BCUT2D eigenvalue weighted by atomic mass is 10.2. The van der Waals surface area contributed by atoms with Crippen molar-refractivity contribution in [2.24, 2.45) is 5.90 Å². The van der Waals surface area contributed by atoms with E-state index in [9.17, 15) is 0 Å². The average Bonchev–Trinajstić information content (AvgIpc) is 2.40. The van der Waals surface area contributed by atoms with Crippen molar-refractivity contribution in [1.82, 2.24) is 0 Å². The molecular formula is C15H17NO2. The number of aryl methyl sites for hydroxylation is 1. The van der Waals surface area contributed by atoms with Gasteiger partial charge in [-0.3, -0.25) is 4.84 Å². The van der Waals surface area contributed by atoms with Crippen LogP contribution in [-0.4, -0.2) is 0 Å². The predicted octanol–water partition coefficient (Wildman–Crippen LogP) is 2.96. The molecule has 0 aromatic heterocycles. The van der Waals surface area contributed by atoms with Crippen LogP contribution in [0.4, 0.5) is 0 Å². The van der Waals surface area contributed by atoms with Crippen molar-refractivity contribution >= 4 is 0 Å². The molecule has 0 aliphatic rings. The SMILES string of the molecule is Cc1ccc(COc2ccc(CON)cc2)cc1. The second-order valence-electron chi connectivity index (χ2n) is 4.23. The first kappa shape index (κ1) is 12.6. The number of hydrogen-bond acceptors (Lipinski definition) is 3. The number of nitrogens with two attached hydrogens (primary N) is 1. The van der Waals surface area contributed by atoms with E-state index in [2.05, 4.69) is 36.0 Å². The third-order valence-corrected chi connectivity index (χ3v) is 2.70. The zero-order valence-corrected chi connectivity index (χ0v) is 10.4. The molecule has 3 nitrogen and oxygen atoms in total. The maximum Gasteiger partial charge on any atom is 0.119 e. The van der Waals surface area contributed by atoms with Crippen LogP contribution in [0, 0.1) is 6.92 Å². The topological polar surface area (TPSA) is 44.5 Å². The van der Waals surface area contributed by atoms with E-state index < -0.39 is 0 Å². The van der Waals surface area contributed by atoms with Crippen molar-refractivity contribution in [3.63, 3.8) is 0 Å². The molecule has 0 amide bonds. The molecule has 2 aromatic rings. The van der Waals surface area contributed by atoms with E-state index in [0.29, 0.717) is 13.2 Å². The van der Waals surface area contributed by atoms with E-state index >= 15 is 0 Å². The van der Waals surface area contributed by atoms with Crippen LogP contribution in [0.1, 0.15) is 16.7 Å². The average molecular weight is 243 g/mol. The van der Waals surface area contributed by atoms with E-state index in [1.165, 1.54) is 5.56 Å². The summed E-state index contributed by atoms with van der Waals surface area (Å²) in [5.74, 6) is 5.86. The molecule has 0 unspecified atom stereocenters. The summed E-state index contributed by atoms with van der Waals surface area (Å²) in [4.78, 5) is 4.57. The van der Waals surface area contributed by atoms with Gasteiger partial charge in [-0.25, -0.2) is 5.90 Å². The number of ether oxygens (including phenoxy) is 1. The second-order valence-corrected chi connectivity index (χ2v) is 4.23. The zero-order chi connectivity index (χ0) is 12.8. The van der Waals surface area contributed by atoms with Crippen molar-refractivity contribution < 1.29 is 9.57 Å². The largest absolute Gasteiger partial charge is 0.489 e. The maximum atomic E-state index is 5.69. The second kappa shape index (κ2) is 6.19. The highest BCUT2D eigenvalue weighted by atomic mass is 16.6. The molecule has 0 saturated heterocycles. The molecule has 0 fully saturated rings. The van der Waals surface area contributed by atoms with Gasteiger partial charge in [-0.05, 0) is 30.2 Å². The summed E-state index contributed by atoms with van der Waals surface area (Å²) >= 11 is 0. The minimum Gasteiger partial charge on any atom is -0.489 e. The normalized spacial score (nSPS) is 10.3. The Morgan fingerprint density at radius 2 is 1.39 bits per heavy atom. The summed E-state index contributed by atoms with van der Waals surface area (Å²) in [6.07, 6.45) is 0. The van der Waals surface area contributed by atoms with Gasteiger partial charge in [0, 0.05) is 0 Å².